The van der Waals surface area contributed by atoms with Gasteiger partial charge in [-0.2, -0.15) is 0 Å². The van der Waals surface area contributed by atoms with E-state index in [4.69, 9.17) is 14.2 Å². The molecule has 0 heterocycles. The summed E-state index contributed by atoms with van der Waals surface area (Å²) >= 11 is 0. The van der Waals surface area contributed by atoms with Gasteiger partial charge in [-0.05, 0) is 121 Å². The lowest BCUT2D eigenvalue weighted by Crippen LogP contribution is -2.67. The van der Waals surface area contributed by atoms with E-state index in [1.54, 1.807) is 31.4 Å². The Labute approximate surface area is 305 Å². The average Bonchev–Trinajstić information content (AvgIpc) is 3.10. The van der Waals surface area contributed by atoms with E-state index in [-0.39, 0.29) is 51.4 Å². The molecule has 0 bridgehead atoms. The van der Waals surface area contributed by atoms with Crippen molar-refractivity contribution in [2.75, 3.05) is 7.11 Å². The van der Waals surface area contributed by atoms with E-state index in [2.05, 4.69) is 54.5 Å². The lowest BCUT2D eigenvalue weighted by Gasteiger charge is -2.71. The molecule has 0 saturated heterocycles. The number of hydrogen-bond acceptors (Lipinski definition) is 6. The van der Waals surface area contributed by atoms with Crippen molar-refractivity contribution in [2.24, 2.45) is 50.2 Å². The van der Waals surface area contributed by atoms with Crippen molar-refractivity contribution in [3.63, 3.8) is 0 Å². The van der Waals surface area contributed by atoms with Gasteiger partial charge in [-0.25, -0.2) is 9.59 Å². The molecule has 0 radical (unpaired) electrons. The number of esters is 3. The van der Waals surface area contributed by atoms with E-state index in [0.29, 0.717) is 23.5 Å². The lowest BCUT2D eigenvalue weighted by atomic mass is 9.33. The first-order valence-electron chi connectivity index (χ1n) is 19.3. The van der Waals surface area contributed by atoms with Gasteiger partial charge in [0.05, 0.1) is 23.7 Å². The molecule has 6 nitrogen and oxygen atoms in total. The maximum atomic E-state index is 13.8. The first kappa shape index (κ1) is 36.0. The van der Waals surface area contributed by atoms with Gasteiger partial charge in [0.1, 0.15) is 12.2 Å². The number of benzene rings is 2. The number of methoxy groups -OCH3 is 1. The van der Waals surface area contributed by atoms with E-state index < -0.39 is 23.0 Å². The van der Waals surface area contributed by atoms with Crippen LogP contribution >= 0.6 is 0 Å². The van der Waals surface area contributed by atoms with Crippen LogP contribution in [0.5, 0.6) is 0 Å². The van der Waals surface area contributed by atoms with E-state index >= 15 is 0 Å². The highest BCUT2D eigenvalue weighted by Crippen LogP contribution is 2.76. The number of carbonyl (C=O) groups is 3. The Balaban J connectivity index is 1.28. The Morgan fingerprint density at radius 2 is 1.27 bits per heavy atom. The van der Waals surface area contributed by atoms with Crippen LogP contribution in [-0.2, 0) is 19.0 Å². The molecule has 274 valence electrons. The first-order valence-corrected chi connectivity index (χ1v) is 19.3. The van der Waals surface area contributed by atoms with E-state index in [9.17, 15) is 14.4 Å². The first-order chi connectivity index (χ1) is 24.0. The van der Waals surface area contributed by atoms with Gasteiger partial charge in [-0.1, -0.05) is 96.5 Å². The molecule has 5 aliphatic carbocycles. The van der Waals surface area contributed by atoms with E-state index in [1.165, 1.54) is 5.57 Å². The van der Waals surface area contributed by atoms with E-state index in [0.717, 1.165) is 51.4 Å². The van der Waals surface area contributed by atoms with Gasteiger partial charge in [-0.3, -0.25) is 4.79 Å². The Bertz CT molecular complexity index is 1710. The molecule has 0 amide bonds. The van der Waals surface area contributed by atoms with Crippen LogP contribution in [0.3, 0.4) is 0 Å². The molecular weight excluding hydrogens is 636 g/mol. The molecule has 0 spiro atoms. The highest BCUT2D eigenvalue weighted by molar-refractivity contribution is 5.90. The molecule has 0 aromatic heterocycles. The minimum Gasteiger partial charge on any atom is -0.469 e. The normalized spacial score (nSPS) is 39.1. The minimum absolute atomic E-state index is 0.0240. The Kier molecular flexibility index (Phi) is 8.70. The zero-order valence-corrected chi connectivity index (χ0v) is 32.1. The van der Waals surface area contributed by atoms with Crippen molar-refractivity contribution in [3.8, 4) is 0 Å². The monoisotopic (exact) mass is 694 g/mol. The second-order valence-corrected chi connectivity index (χ2v) is 18.9. The lowest BCUT2D eigenvalue weighted by molar-refractivity contribution is -0.231. The molecule has 0 unspecified atom stereocenters. The van der Waals surface area contributed by atoms with Crippen LogP contribution in [0.1, 0.15) is 127 Å². The van der Waals surface area contributed by atoms with Crippen LogP contribution < -0.4 is 0 Å². The maximum absolute atomic E-state index is 13.8. The predicted molar refractivity (Wildman–Crippen MR) is 198 cm³/mol. The van der Waals surface area contributed by atoms with Crippen molar-refractivity contribution in [1.29, 1.82) is 0 Å². The minimum atomic E-state index is -0.611. The predicted octanol–water partition coefficient (Wildman–Crippen LogP) is 10.0. The fourth-order valence-electron chi connectivity index (χ4n) is 12.8. The third kappa shape index (κ3) is 5.43. The number of hydrogen-bond donors (Lipinski definition) is 0. The molecule has 51 heavy (non-hydrogen) atoms. The Morgan fingerprint density at radius 1 is 0.686 bits per heavy atom. The summed E-state index contributed by atoms with van der Waals surface area (Å²) in [6.45, 7) is 16.7. The molecule has 5 aliphatic rings. The SMILES string of the molecule is COC(=O)[C@]12CCC(C)(C)C[C@H]1C1=CC[C@@H]3[C@@]4(C)C[C@@H](OC(=O)c5ccccc5)[C@H](OC(=O)c5ccccc5)C(C)(C)[C@@H]4CC[C@@]3(C)[C@]1(C)CC2. The molecule has 2 aromatic rings. The van der Waals surface area contributed by atoms with Crippen molar-refractivity contribution in [3.05, 3.63) is 83.4 Å². The quantitative estimate of drug-likeness (QED) is 0.176. The fourth-order valence-corrected chi connectivity index (χ4v) is 12.8. The summed E-state index contributed by atoms with van der Waals surface area (Å²) in [4.78, 5) is 41.1. The summed E-state index contributed by atoms with van der Waals surface area (Å²) < 4.78 is 18.5. The summed E-state index contributed by atoms with van der Waals surface area (Å²) in [7, 11) is 1.56. The Hall–Kier alpha value is -3.41. The Morgan fingerprint density at radius 3 is 1.88 bits per heavy atom. The summed E-state index contributed by atoms with van der Waals surface area (Å²) in [5, 5.41) is 0. The number of allylic oxidation sites excluding steroid dienone is 2. The maximum Gasteiger partial charge on any atom is 0.338 e. The van der Waals surface area contributed by atoms with Crippen LogP contribution in [0.2, 0.25) is 0 Å². The average molecular weight is 695 g/mol. The summed E-state index contributed by atoms with van der Waals surface area (Å²) in [6, 6.07) is 18.3. The fraction of sp³-hybridized carbons (Fsp3) is 0.622. The molecular formula is C45H58O6. The van der Waals surface area contributed by atoms with E-state index in [1.807, 2.05) is 36.4 Å². The van der Waals surface area contributed by atoms with Gasteiger partial charge in [0.15, 0.2) is 0 Å². The van der Waals surface area contributed by atoms with Crippen molar-refractivity contribution < 1.29 is 28.6 Å². The molecule has 2 aromatic carbocycles. The molecule has 6 heteroatoms. The van der Waals surface area contributed by atoms with Crippen LogP contribution in [0.25, 0.3) is 0 Å². The van der Waals surface area contributed by atoms with Gasteiger partial charge in [0.2, 0.25) is 0 Å². The largest absolute Gasteiger partial charge is 0.469 e. The number of rotatable bonds is 5. The van der Waals surface area contributed by atoms with Gasteiger partial charge in [-0.15, -0.1) is 0 Å². The summed E-state index contributed by atoms with van der Waals surface area (Å²) in [5.41, 5.74) is 1.44. The van der Waals surface area contributed by atoms with Crippen LogP contribution in [0.15, 0.2) is 72.3 Å². The second kappa shape index (κ2) is 12.3. The van der Waals surface area contributed by atoms with Crippen LogP contribution in [0.4, 0.5) is 0 Å². The topological polar surface area (TPSA) is 78.9 Å². The highest BCUT2D eigenvalue weighted by atomic mass is 16.6. The van der Waals surface area contributed by atoms with Crippen LogP contribution in [0, 0.1) is 50.2 Å². The van der Waals surface area contributed by atoms with Gasteiger partial charge < -0.3 is 14.2 Å². The zero-order valence-electron chi connectivity index (χ0n) is 32.1. The van der Waals surface area contributed by atoms with Gasteiger partial charge in [0, 0.05) is 5.41 Å². The van der Waals surface area contributed by atoms with Crippen molar-refractivity contribution in [2.45, 2.75) is 118 Å². The number of fused-ring (bicyclic) bond motifs is 7. The van der Waals surface area contributed by atoms with Crippen LogP contribution in [-0.4, -0.2) is 37.2 Å². The number of ether oxygens (including phenoxy) is 3. The van der Waals surface area contributed by atoms with Crippen molar-refractivity contribution >= 4 is 17.9 Å². The smallest absolute Gasteiger partial charge is 0.338 e. The molecule has 4 saturated carbocycles. The molecule has 7 rings (SSSR count). The molecule has 0 N–H and O–H groups in total. The second-order valence-electron chi connectivity index (χ2n) is 18.9. The highest BCUT2D eigenvalue weighted by Gasteiger charge is 2.71. The standard InChI is InChI=1S/C45H58O6/c1-40(2)23-25-45(39(48)49-8)26-24-43(6)31(32(45)27-40)19-20-35-42(5)28-33(50-37(46)29-15-11-9-12-16-29)36(51-38(47)30-17-13-10-14-18-30)41(3,4)34(42)21-22-44(35,43)7/h9-19,32-36H,20-28H2,1-8H3/t32-,33+,34-,35+,36-,42-,43+,44+,45-/m0/s1. The third-order valence-corrected chi connectivity index (χ3v) is 15.6. The molecule has 4 fully saturated rings. The molecule has 9 atom stereocenters. The van der Waals surface area contributed by atoms with Gasteiger partial charge in [0.25, 0.3) is 0 Å². The zero-order chi connectivity index (χ0) is 36.6. The summed E-state index contributed by atoms with van der Waals surface area (Å²) in [6.07, 6.45) is 9.67. The number of carbonyl (C=O) groups excluding carboxylic acids is 3. The van der Waals surface area contributed by atoms with Gasteiger partial charge >= 0.3 is 17.9 Å². The third-order valence-electron chi connectivity index (χ3n) is 15.6. The summed E-state index contributed by atoms with van der Waals surface area (Å²) in [5.74, 6) is -0.0528. The molecule has 0 aliphatic heterocycles. The van der Waals surface area contributed by atoms with Crippen molar-refractivity contribution in [1.82, 2.24) is 0 Å².